The van der Waals surface area contributed by atoms with Crippen molar-refractivity contribution < 1.29 is 19.5 Å². The zero-order valence-corrected chi connectivity index (χ0v) is 25.7. The molecule has 1 nitrogen and oxygen atoms in total. The first-order chi connectivity index (χ1) is 17.0. The molecule has 2 aromatic carbocycles. The third-order valence-electron chi connectivity index (χ3n) is 6.67. The second-order valence-electron chi connectivity index (χ2n) is 11.6. The van der Waals surface area contributed by atoms with Crippen LogP contribution in [0.5, 0.6) is 0 Å². The van der Waals surface area contributed by atoms with Crippen molar-refractivity contribution in [3.63, 3.8) is 0 Å². The summed E-state index contributed by atoms with van der Waals surface area (Å²) in [5.74, 6) is 0. The molecule has 199 valence electrons. The van der Waals surface area contributed by atoms with E-state index in [-0.39, 0.29) is 30.3 Å². The van der Waals surface area contributed by atoms with Crippen molar-refractivity contribution in [2.45, 2.75) is 82.8 Å². The molecule has 0 amide bonds. The molecule has 4 rings (SSSR count). The quantitative estimate of drug-likeness (QED) is 0.169. The van der Waals surface area contributed by atoms with Crippen LogP contribution in [0.25, 0.3) is 0 Å². The van der Waals surface area contributed by atoms with E-state index in [2.05, 4.69) is 119 Å². The van der Waals surface area contributed by atoms with Gasteiger partial charge in [0.2, 0.25) is 0 Å². The summed E-state index contributed by atoms with van der Waals surface area (Å²) < 4.78 is -0.714. The SMILES string of the molecule is C1=C\CC/C=C\CC/1.CC(C)(C)c1ccc(C([S-])(c2ccc(C(C)(C)C)cc2)c2ccccn2)cc1.[Rh]. The van der Waals surface area contributed by atoms with Gasteiger partial charge in [-0.3, -0.25) is 4.98 Å². The van der Waals surface area contributed by atoms with Gasteiger partial charge in [0.1, 0.15) is 0 Å². The first kappa shape index (κ1) is 31.3. The van der Waals surface area contributed by atoms with Gasteiger partial charge in [0.15, 0.2) is 0 Å². The first-order valence-electron chi connectivity index (χ1n) is 13.2. The van der Waals surface area contributed by atoms with Crippen LogP contribution in [0.1, 0.15) is 95.2 Å². The molecule has 0 bridgehead atoms. The van der Waals surface area contributed by atoms with Gasteiger partial charge in [-0.2, -0.15) is 0 Å². The van der Waals surface area contributed by atoms with Crippen molar-refractivity contribution in [2.24, 2.45) is 0 Å². The van der Waals surface area contributed by atoms with Crippen molar-refractivity contribution in [1.82, 2.24) is 4.98 Å². The molecule has 0 N–H and O–H groups in total. The fraction of sp³-hybridized carbons (Fsp3) is 0.382. The summed E-state index contributed by atoms with van der Waals surface area (Å²) >= 11 is 6.31. The Kier molecular flexibility index (Phi) is 11.6. The van der Waals surface area contributed by atoms with Gasteiger partial charge >= 0.3 is 0 Å². The fourth-order valence-electron chi connectivity index (χ4n) is 4.30. The van der Waals surface area contributed by atoms with Crippen LogP contribution in [0.2, 0.25) is 0 Å². The molecule has 0 saturated heterocycles. The fourth-order valence-corrected chi connectivity index (χ4v) is 4.69. The molecule has 0 atom stereocenters. The van der Waals surface area contributed by atoms with E-state index in [0.717, 1.165) is 16.8 Å². The summed E-state index contributed by atoms with van der Waals surface area (Å²) in [6, 6.07) is 23.4. The van der Waals surface area contributed by atoms with Crippen molar-refractivity contribution in [1.29, 1.82) is 0 Å². The molecule has 1 radical (unpaired) electrons. The Bertz CT molecular complexity index is 1050. The standard InChI is InChI=1S/C26H31NS.C8H12.Rh/c1-24(2,3)19-10-14-21(15-11-19)26(28,23-9-7-8-18-27-23)22-16-12-20(13-17-22)25(4,5)6;1-2-4-6-8-7-5-3-1;/h7-18,28H,1-6H3;1-2,7-8H,3-6H2;/p-1/b;2-1-,8-7-;. The molecule has 3 heteroatoms. The number of aromatic nitrogens is 1. The molecule has 3 aromatic rings. The summed E-state index contributed by atoms with van der Waals surface area (Å²) in [7, 11) is 0. The Balaban J connectivity index is 0.000000457. The second-order valence-corrected chi connectivity index (χ2v) is 12.3. The number of benzene rings is 2. The number of hydrogen-bond acceptors (Lipinski definition) is 2. The minimum atomic E-state index is -0.714. The number of pyridine rings is 1. The predicted octanol–water partition coefficient (Wildman–Crippen LogP) is 9.19. The van der Waals surface area contributed by atoms with Crippen LogP contribution in [0.4, 0.5) is 0 Å². The van der Waals surface area contributed by atoms with E-state index in [4.69, 9.17) is 12.6 Å². The molecule has 0 spiro atoms. The molecule has 0 fully saturated rings. The minimum Gasteiger partial charge on any atom is -0.770 e. The number of allylic oxidation sites excluding steroid dienone is 4. The van der Waals surface area contributed by atoms with Crippen molar-refractivity contribution in [2.75, 3.05) is 0 Å². The summed E-state index contributed by atoms with van der Waals surface area (Å²) in [5, 5.41) is 0. The molecular formula is C34H42NRhS-. The Morgan fingerprint density at radius 2 is 0.892 bits per heavy atom. The molecule has 1 aromatic heterocycles. The van der Waals surface area contributed by atoms with E-state index in [0.29, 0.717) is 0 Å². The molecule has 0 saturated carbocycles. The maximum atomic E-state index is 6.31. The number of hydrogen-bond donors (Lipinski definition) is 0. The Labute approximate surface area is 244 Å². The zero-order chi connectivity index (χ0) is 26.2. The van der Waals surface area contributed by atoms with E-state index in [1.165, 1.54) is 36.8 Å². The van der Waals surface area contributed by atoms with Gasteiger partial charge in [-0.15, -0.1) is 0 Å². The van der Waals surface area contributed by atoms with Gasteiger partial charge in [-0.25, -0.2) is 0 Å². The van der Waals surface area contributed by atoms with E-state index < -0.39 is 4.75 Å². The third kappa shape index (κ3) is 8.52. The van der Waals surface area contributed by atoms with Crippen molar-refractivity contribution in [3.8, 4) is 0 Å². The maximum Gasteiger partial charge on any atom is 0.0311 e. The summed E-state index contributed by atoms with van der Waals surface area (Å²) in [5.41, 5.74) is 5.88. The van der Waals surface area contributed by atoms with Gasteiger partial charge in [0.05, 0.1) is 0 Å². The minimum absolute atomic E-state index is 0. The van der Waals surface area contributed by atoms with Crippen LogP contribution in [-0.2, 0) is 47.7 Å². The van der Waals surface area contributed by atoms with Crippen LogP contribution in [0.15, 0.2) is 97.2 Å². The Morgan fingerprint density at radius 3 is 1.19 bits per heavy atom. The average Bonchev–Trinajstić information content (AvgIpc) is 2.83. The van der Waals surface area contributed by atoms with Gasteiger partial charge in [0, 0.05) is 31.4 Å². The summed E-state index contributed by atoms with van der Waals surface area (Å²) in [6.07, 6.45) is 15.8. The zero-order valence-electron chi connectivity index (χ0n) is 23.3. The van der Waals surface area contributed by atoms with Gasteiger partial charge in [-0.1, -0.05) is 136 Å². The van der Waals surface area contributed by atoms with Gasteiger partial charge in [-0.05, 0) is 59.8 Å². The predicted molar refractivity (Wildman–Crippen MR) is 159 cm³/mol. The van der Waals surface area contributed by atoms with Crippen molar-refractivity contribution >= 4 is 12.6 Å². The second kappa shape index (κ2) is 13.7. The van der Waals surface area contributed by atoms with Crippen LogP contribution >= 0.6 is 0 Å². The van der Waals surface area contributed by atoms with Gasteiger partial charge < -0.3 is 12.6 Å². The molecule has 0 unspecified atom stereocenters. The molecular weight excluding hydrogens is 557 g/mol. The monoisotopic (exact) mass is 599 g/mol. The van der Waals surface area contributed by atoms with Crippen LogP contribution in [-0.4, -0.2) is 4.98 Å². The van der Waals surface area contributed by atoms with E-state index in [1.54, 1.807) is 0 Å². The van der Waals surface area contributed by atoms with Gasteiger partial charge in [0.25, 0.3) is 0 Å². The number of rotatable bonds is 3. The Morgan fingerprint density at radius 1 is 0.541 bits per heavy atom. The first-order valence-corrected chi connectivity index (χ1v) is 13.6. The molecule has 0 aliphatic heterocycles. The largest absolute Gasteiger partial charge is 0.770 e. The van der Waals surface area contributed by atoms with Crippen LogP contribution in [0, 0.1) is 0 Å². The normalized spacial score (nSPS) is 15.8. The smallest absolute Gasteiger partial charge is 0.0311 e. The van der Waals surface area contributed by atoms with Crippen LogP contribution in [0.3, 0.4) is 0 Å². The molecule has 1 aliphatic carbocycles. The Hall–Kier alpha value is -1.96. The molecule has 37 heavy (non-hydrogen) atoms. The van der Waals surface area contributed by atoms with Crippen molar-refractivity contribution in [3.05, 3.63) is 125 Å². The third-order valence-corrected chi connectivity index (χ3v) is 7.35. The van der Waals surface area contributed by atoms with E-state index in [1.807, 2.05) is 24.4 Å². The van der Waals surface area contributed by atoms with Crippen LogP contribution < -0.4 is 0 Å². The van der Waals surface area contributed by atoms with E-state index >= 15 is 0 Å². The van der Waals surface area contributed by atoms with E-state index in [9.17, 15) is 0 Å². The number of nitrogens with zero attached hydrogens (tertiary/aromatic N) is 1. The molecule has 1 heterocycles. The average molecular weight is 600 g/mol. The summed E-state index contributed by atoms with van der Waals surface area (Å²) in [6.45, 7) is 13.4. The topological polar surface area (TPSA) is 12.9 Å². The summed E-state index contributed by atoms with van der Waals surface area (Å²) in [4.78, 5) is 4.64. The molecule has 1 aliphatic rings. The maximum absolute atomic E-state index is 6.31.